The first-order valence-electron chi connectivity index (χ1n) is 3.60. The van der Waals surface area contributed by atoms with Crippen LogP contribution in [0.3, 0.4) is 0 Å². The maximum Gasteiger partial charge on any atom is 0.172 e. The summed E-state index contributed by atoms with van der Waals surface area (Å²) in [6.45, 7) is 1.04. The molecule has 0 aromatic carbocycles. The highest BCUT2D eigenvalue weighted by atomic mass is 19.2. The van der Waals surface area contributed by atoms with Gasteiger partial charge in [0.05, 0.1) is 5.92 Å². The molecule has 2 aliphatic rings. The van der Waals surface area contributed by atoms with Crippen LogP contribution in [0.15, 0.2) is 23.1 Å². The van der Waals surface area contributed by atoms with E-state index in [1.165, 1.54) is 0 Å². The van der Waals surface area contributed by atoms with E-state index in [1.807, 2.05) is 0 Å². The molecule has 12 heavy (non-hydrogen) atoms. The number of allylic oxidation sites excluding steroid dienone is 4. The molecule has 0 aliphatic heterocycles. The molecule has 0 heterocycles. The second-order valence-corrected chi connectivity index (χ2v) is 3.22. The van der Waals surface area contributed by atoms with Crippen molar-refractivity contribution in [1.82, 2.24) is 0 Å². The van der Waals surface area contributed by atoms with E-state index in [1.54, 1.807) is 0 Å². The van der Waals surface area contributed by atoms with Crippen LogP contribution >= 0.6 is 0 Å². The first-order chi connectivity index (χ1) is 5.48. The van der Waals surface area contributed by atoms with Crippen molar-refractivity contribution in [3.05, 3.63) is 23.1 Å². The summed E-state index contributed by atoms with van der Waals surface area (Å²) in [6.07, 6.45) is -0.268. The van der Waals surface area contributed by atoms with Gasteiger partial charge in [0.2, 0.25) is 0 Å². The Morgan fingerprint density at radius 2 is 1.92 bits per heavy atom. The van der Waals surface area contributed by atoms with Gasteiger partial charge in [0.1, 0.15) is 11.7 Å². The molecule has 4 heteroatoms. The van der Waals surface area contributed by atoms with Gasteiger partial charge in [-0.3, -0.25) is 0 Å². The molecule has 0 aromatic rings. The Labute approximate surface area is 66.6 Å². The van der Waals surface area contributed by atoms with E-state index < -0.39 is 34.6 Å². The van der Waals surface area contributed by atoms with Crippen molar-refractivity contribution in [2.24, 2.45) is 5.92 Å². The smallest absolute Gasteiger partial charge is 0.172 e. The number of alkyl halides is 1. The van der Waals surface area contributed by atoms with Crippen LogP contribution in [0.4, 0.5) is 17.6 Å². The van der Waals surface area contributed by atoms with Crippen molar-refractivity contribution in [2.45, 2.75) is 19.0 Å². The van der Waals surface area contributed by atoms with Gasteiger partial charge in [-0.25, -0.2) is 17.6 Å². The Morgan fingerprint density at radius 1 is 1.33 bits per heavy atom. The Balaban J connectivity index is 2.55. The van der Waals surface area contributed by atoms with Crippen molar-refractivity contribution in [2.75, 3.05) is 0 Å². The molecule has 0 spiro atoms. The maximum atomic E-state index is 13.1. The minimum Gasteiger partial charge on any atom is -0.235 e. The topological polar surface area (TPSA) is 0 Å². The van der Waals surface area contributed by atoms with Crippen molar-refractivity contribution in [1.29, 1.82) is 0 Å². The molecule has 2 unspecified atom stereocenters. The number of halogens is 4. The van der Waals surface area contributed by atoms with Crippen LogP contribution < -0.4 is 0 Å². The molecule has 0 bridgehead atoms. The number of hydrogen-bond donors (Lipinski definition) is 0. The molecule has 0 N–H and O–H groups in total. The molecule has 2 atom stereocenters. The van der Waals surface area contributed by atoms with Gasteiger partial charge < -0.3 is 0 Å². The average Bonchev–Trinajstić information content (AvgIpc) is 2.72. The zero-order valence-electron chi connectivity index (χ0n) is 6.30. The molecule has 66 valence electrons. The van der Waals surface area contributed by atoms with Crippen LogP contribution in [0.5, 0.6) is 0 Å². The quantitative estimate of drug-likeness (QED) is 0.500. The fourth-order valence-electron chi connectivity index (χ4n) is 1.51. The normalized spacial score (nSPS) is 40.2. The summed E-state index contributed by atoms with van der Waals surface area (Å²) in [5, 5.41) is 0. The zero-order valence-corrected chi connectivity index (χ0v) is 6.30. The van der Waals surface area contributed by atoms with E-state index in [2.05, 4.69) is 0 Å². The molecular weight excluding hydrogens is 172 g/mol. The molecule has 0 aromatic heterocycles. The van der Waals surface area contributed by atoms with Crippen LogP contribution in [-0.4, -0.2) is 5.67 Å². The summed E-state index contributed by atoms with van der Waals surface area (Å²) >= 11 is 0. The molecule has 0 radical (unpaired) electrons. The van der Waals surface area contributed by atoms with E-state index in [0.29, 0.717) is 0 Å². The van der Waals surface area contributed by atoms with E-state index in [4.69, 9.17) is 0 Å². The summed E-state index contributed by atoms with van der Waals surface area (Å²) in [6, 6.07) is 0. The number of rotatable bonds is 0. The molecular formula is C8H6F4. The maximum absolute atomic E-state index is 13.1. The van der Waals surface area contributed by atoms with Crippen LogP contribution in [0.1, 0.15) is 13.3 Å². The largest absolute Gasteiger partial charge is 0.235 e. The van der Waals surface area contributed by atoms with Gasteiger partial charge in [-0.15, -0.1) is 0 Å². The minimum absolute atomic E-state index is 0.268. The Kier molecular flexibility index (Phi) is 1.25. The van der Waals surface area contributed by atoms with Gasteiger partial charge in [-0.1, -0.05) is 0 Å². The molecule has 0 amide bonds. The fourth-order valence-corrected chi connectivity index (χ4v) is 1.51. The van der Waals surface area contributed by atoms with Crippen molar-refractivity contribution >= 4 is 0 Å². The predicted octanol–water partition coefficient (Wildman–Crippen LogP) is 3.12. The standard InChI is InChI=1S/C8H6F4/c1-3-5(9)6(10)4-2-8(4,12)7(3)11/h4H,2H2,1H3. The third-order valence-electron chi connectivity index (χ3n) is 2.43. The van der Waals surface area contributed by atoms with Gasteiger partial charge in [0.25, 0.3) is 0 Å². The average molecular weight is 178 g/mol. The van der Waals surface area contributed by atoms with Gasteiger partial charge in [0.15, 0.2) is 11.5 Å². The van der Waals surface area contributed by atoms with E-state index in [9.17, 15) is 17.6 Å². The molecule has 0 nitrogen and oxygen atoms in total. The van der Waals surface area contributed by atoms with Gasteiger partial charge in [-0.2, -0.15) is 0 Å². The van der Waals surface area contributed by atoms with Crippen LogP contribution in [0.2, 0.25) is 0 Å². The highest BCUT2D eigenvalue weighted by Gasteiger charge is 2.65. The lowest BCUT2D eigenvalue weighted by Gasteiger charge is -2.13. The van der Waals surface area contributed by atoms with E-state index in [0.717, 1.165) is 6.92 Å². The third-order valence-corrected chi connectivity index (χ3v) is 2.43. The first kappa shape index (κ1) is 7.83. The predicted molar refractivity (Wildman–Crippen MR) is 35.0 cm³/mol. The van der Waals surface area contributed by atoms with Crippen molar-refractivity contribution < 1.29 is 17.6 Å². The molecule has 1 fully saturated rings. The van der Waals surface area contributed by atoms with Crippen molar-refractivity contribution in [3.63, 3.8) is 0 Å². The van der Waals surface area contributed by atoms with Crippen LogP contribution in [-0.2, 0) is 0 Å². The SMILES string of the molecule is CC1=C(F)C2(F)CC2C(F)=C1F. The van der Waals surface area contributed by atoms with E-state index >= 15 is 0 Å². The lowest BCUT2D eigenvalue weighted by molar-refractivity contribution is 0.264. The van der Waals surface area contributed by atoms with Gasteiger partial charge in [0, 0.05) is 12.0 Å². The number of hydrogen-bond acceptors (Lipinski definition) is 0. The summed E-state index contributed by atoms with van der Waals surface area (Å²) in [4.78, 5) is 0. The highest BCUT2D eigenvalue weighted by Crippen LogP contribution is 2.61. The second kappa shape index (κ2) is 1.92. The molecule has 0 saturated heterocycles. The lowest BCUT2D eigenvalue weighted by atomic mass is 10.0. The fraction of sp³-hybridized carbons (Fsp3) is 0.500. The van der Waals surface area contributed by atoms with E-state index in [-0.39, 0.29) is 6.42 Å². The monoisotopic (exact) mass is 178 g/mol. The Morgan fingerprint density at radius 3 is 2.50 bits per heavy atom. The van der Waals surface area contributed by atoms with Gasteiger partial charge in [-0.05, 0) is 6.92 Å². The van der Waals surface area contributed by atoms with Crippen molar-refractivity contribution in [3.8, 4) is 0 Å². The molecule has 2 rings (SSSR count). The number of fused-ring (bicyclic) bond motifs is 1. The lowest BCUT2D eigenvalue weighted by Crippen LogP contribution is -2.13. The molecule has 2 aliphatic carbocycles. The second-order valence-electron chi connectivity index (χ2n) is 3.22. The van der Waals surface area contributed by atoms with Gasteiger partial charge >= 0.3 is 0 Å². The van der Waals surface area contributed by atoms with Crippen LogP contribution in [0.25, 0.3) is 0 Å². The summed E-state index contributed by atoms with van der Waals surface area (Å²) in [5.41, 5.74) is -2.77. The first-order valence-corrected chi connectivity index (χ1v) is 3.60. The molecule has 1 saturated carbocycles. The summed E-state index contributed by atoms with van der Waals surface area (Å²) in [7, 11) is 0. The zero-order chi connectivity index (χ0) is 9.09. The highest BCUT2D eigenvalue weighted by molar-refractivity contribution is 5.46. The summed E-state index contributed by atoms with van der Waals surface area (Å²) in [5.74, 6) is -4.73. The Bertz CT molecular complexity index is 315. The summed E-state index contributed by atoms with van der Waals surface area (Å²) < 4.78 is 51.5. The third kappa shape index (κ3) is 0.678. The van der Waals surface area contributed by atoms with Crippen LogP contribution in [0, 0.1) is 5.92 Å². The minimum atomic E-state index is -2.23. The Hall–Kier alpha value is -0.800.